The summed E-state index contributed by atoms with van der Waals surface area (Å²) in [5.41, 5.74) is -1.92. The van der Waals surface area contributed by atoms with Crippen molar-refractivity contribution in [3.63, 3.8) is 0 Å². The van der Waals surface area contributed by atoms with E-state index in [2.05, 4.69) is 0 Å². The predicted molar refractivity (Wildman–Crippen MR) is 125 cm³/mol. The van der Waals surface area contributed by atoms with Gasteiger partial charge in [0.25, 0.3) is 0 Å². The fraction of sp³-hybridized carbons (Fsp3) is 0.0476. The zero-order valence-electron chi connectivity index (χ0n) is 15.3. The molecule has 0 saturated heterocycles. The zero-order chi connectivity index (χ0) is 22.2. The van der Waals surface area contributed by atoms with Crippen molar-refractivity contribution in [3.8, 4) is 0 Å². The normalized spacial score (nSPS) is 13.0. The molecular formula is C21H12Cl5O3P. The van der Waals surface area contributed by atoms with Crippen LogP contribution in [0.25, 0.3) is 0 Å². The summed E-state index contributed by atoms with van der Waals surface area (Å²) in [7, 11) is -4.49. The van der Waals surface area contributed by atoms with E-state index in [4.69, 9.17) is 58.0 Å². The number of halogens is 5. The Labute approximate surface area is 198 Å². The van der Waals surface area contributed by atoms with Crippen molar-refractivity contribution in [2.24, 2.45) is 0 Å². The first-order chi connectivity index (χ1) is 14.1. The molecule has 30 heavy (non-hydrogen) atoms. The number of benzene rings is 3. The largest absolute Gasteiger partial charge is 0.302 e. The van der Waals surface area contributed by atoms with E-state index in [9.17, 15) is 14.2 Å². The Balaban J connectivity index is 2.35. The van der Waals surface area contributed by atoms with Gasteiger partial charge in [-0.1, -0.05) is 100 Å². The van der Waals surface area contributed by atoms with Gasteiger partial charge in [0.1, 0.15) is 0 Å². The molecule has 3 rings (SSSR count). The molecule has 3 aromatic carbocycles. The van der Waals surface area contributed by atoms with Gasteiger partial charge in [0.05, 0.1) is 30.7 Å². The second-order valence-electron chi connectivity index (χ2n) is 6.33. The van der Waals surface area contributed by atoms with E-state index in [0.29, 0.717) is 5.56 Å². The van der Waals surface area contributed by atoms with Gasteiger partial charge in [0.2, 0.25) is 18.2 Å². The van der Waals surface area contributed by atoms with Crippen LogP contribution in [0.4, 0.5) is 0 Å². The lowest BCUT2D eigenvalue weighted by Crippen LogP contribution is -2.22. The van der Waals surface area contributed by atoms with E-state index in [1.807, 2.05) is 0 Å². The molecule has 154 valence electrons. The van der Waals surface area contributed by atoms with Crippen LogP contribution in [-0.4, -0.2) is 11.0 Å². The monoisotopic (exact) mass is 518 g/mol. The SMILES string of the molecule is Cc1cccc(Cl)c1C(=O)P(=O)(C(=O)c1c(Cl)c(Cl)cc(Cl)c1Cl)c1ccccc1. The second-order valence-corrected chi connectivity index (χ2v) is 10.9. The fourth-order valence-electron chi connectivity index (χ4n) is 2.94. The summed E-state index contributed by atoms with van der Waals surface area (Å²) in [6.07, 6.45) is 0. The van der Waals surface area contributed by atoms with Crippen LogP contribution in [-0.2, 0) is 4.57 Å². The number of carbonyl (C=O) groups excluding carboxylic acids is 2. The van der Waals surface area contributed by atoms with Gasteiger partial charge in [0.15, 0.2) is 0 Å². The van der Waals surface area contributed by atoms with Crippen molar-refractivity contribution in [2.75, 3.05) is 0 Å². The van der Waals surface area contributed by atoms with Gasteiger partial charge >= 0.3 is 0 Å². The van der Waals surface area contributed by atoms with Crippen LogP contribution in [0.2, 0.25) is 25.1 Å². The second kappa shape index (κ2) is 9.04. The van der Waals surface area contributed by atoms with Crippen LogP contribution in [0.3, 0.4) is 0 Å². The van der Waals surface area contributed by atoms with Gasteiger partial charge in [-0.25, -0.2) is 0 Å². The van der Waals surface area contributed by atoms with E-state index in [0.717, 1.165) is 0 Å². The summed E-state index contributed by atoms with van der Waals surface area (Å²) in [5.74, 6) is 0. The first kappa shape index (κ1) is 23.3. The van der Waals surface area contributed by atoms with Crippen molar-refractivity contribution in [3.05, 3.63) is 96.4 Å². The Morgan fingerprint density at radius 1 is 0.700 bits per heavy atom. The molecule has 0 aliphatic heterocycles. The molecule has 0 saturated carbocycles. The van der Waals surface area contributed by atoms with E-state index >= 15 is 0 Å². The average molecular weight is 521 g/mol. The lowest BCUT2D eigenvalue weighted by atomic mass is 10.1. The Kier molecular flexibility index (Phi) is 7.04. The third kappa shape index (κ3) is 3.96. The van der Waals surface area contributed by atoms with Crippen LogP contribution in [0, 0.1) is 6.92 Å². The molecule has 0 amide bonds. The van der Waals surface area contributed by atoms with E-state index in [-0.39, 0.29) is 41.5 Å². The van der Waals surface area contributed by atoms with Crippen LogP contribution >= 0.6 is 65.1 Å². The third-order valence-corrected chi connectivity index (χ3v) is 8.96. The lowest BCUT2D eigenvalue weighted by molar-refractivity contribution is 0.104. The average Bonchev–Trinajstić information content (AvgIpc) is 2.72. The number of hydrogen-bond acceptors (Lipinski definition) is 3. The molecule has 1 atom stereocenters. The summed E-state index contributed by atoms with van der Waals surface area (Å²) in [4.78, 5) is 27.2. The molecule has 0 bridgehead atoms. The Hall–Kier alpha value is -1.32. The summed E-state index contributed by atoms with van der Waals surface area (Å²) in [5, 5.41) is -0.509. The highest BCUT2D eigenvalue weighted by molar-refractivity contribution is 8.01. The minimum Gasteiger partial charge on any atom is -0.302 e. The highest BCUT2D eigenvalue weighted by Gasteiger charge is 2.45. The Bertz CT molecular complexity index is 1180. The highest BCUT2D eigenvalue weighted by atomic mass is 35.5. The summed E-state index contributed by atoms with van der Waals surface area (Å²) >= 11 is 30.8. The Morgan fingerprint density at radius 2 is 1.23 bits per heavy atom. The minimum atomic E-state index is -4.49. The molecule has 0 aliphatic rings. The Morgan fingerprint density at radius 3 is 1.77 bits per heavy atom. The molecule has 3 aromatic rings. The molecular weight excluding hydrogens is 508 g/mol. The van der Waals surface area contributed by atoms with E-state index in [1.165, 1.54) is 24.3 Å². The van der Waals surface area contributed by atoms with Crippen molar-refractivity contribution in [1.29, 1.82) is 0 Å². The molecule has 3 nitrogen and oxygen atoms in total. The number of rotatable bonds is 5. The molecule has 0 N–H and O–H groups in total. The van der Waals surface area contributed by atoms with Crippen molar-refractivity contribution in [2.45, 2.75) is 6.92 Å². The maximum atomic E-state index is 14.3. The van der Waals surface area contributed by atoms with Gasteiger partial charge in [-0.3, -0.25) is 9.59 Å². The summed E-state index contributed by atoms with van der Waals surface area (Å²) in [6.45, 7) is 1.63. The summed E-state index contributed by atoms with van der Waals surface area (Å²) < 4.78 is 14.3. The molecule has 0 fully saturated rings. The number of aryl methyl sites for hydroxylation is 1. The predicted octanol–water partition coefficient (Wildman–Crippen LogP) is 7.93. The molecule has 0 heterocycles. The highest BCUT2D eigenvalue weighted by Crippen LogP contribution is 2.55. The van der Waals surface area contributed by atoms with Crippen LogP contribution in [0.5, 0.6) is 0 Å². The first-order valence-electron chi connectivity index (χ1n) is 8.44. The van der Waals surface area contributed by atoms with Crippen LogP contribution < -0.4 is 5.30 Å². The van der Waals surface area contributed by atoms with Crippen molar-refractivity contribution < 1.29 is 14.2 Å². The summed E-state index contributed by atoms with van der Waals surface area (Å²) in [6, 6.07) is 13.7. The minimum absolute atomic E-state index is 0.0138. The number of hydrogen-bond donors (Lipinski definition) is 0. The first-order valence-corrected chi connectivity index (χ1v) is 12.0. The van der Waals surface area contributed by atoms with Crippen LogP contribution in [0.1, 0.15) is 26.3 Å². The maximum Gasteiger partial charge on any atom is 0.248 e. The molecule has 0 aromatic heterocycles. The standard InChI is InChI=1S/C21H12Cl5O3P/c1-11-6-5-9-13(22)16(11)20(27)30(29,12-7-3-2-4-8-12)21(28)17-18(25)14(23)10-15(24)19(17)26/h2-10H,1H3. The van der Waals surface area contributed by atoms with Gasteiger partial charge in [0, 0.05) is 10.9 Å². The third-order valence-electron chi connectivity index (χ3n) is 4.45. The van der Waals surface area contributed by atoms with Crippen molar-refractivity contribution in [1.82, 2.24) is 0 Å². The topological polar surface area (TPSA) is 51.2 Å². The van der Waals surface area contributed by atoms with Gasteiger partial charge in [-0.2, -0.15) is 0 Å². The van der Waals surface area contributed by atoms with Gasteiger partial charge in [-0.15, -0.1) is 0 Å². The quantitative estimate of drug-likeness (QED) is 0.254. The van der Waals surface area contributed by atoms with Crippen LogP contribution in [0.15, 0.2) is 54.6 Å². The van der Waals surface area contributed by atoms with Crippen molar-refractivity contribution >= 4 is 81.5 Å². The van der Waals surface area contributed by atoms with Gasteiger partial charge in [-0.05, 0) is 24.6 Å². The maximum absolute atomic E-state index is 14.3. The zero-order valence-corrected chi connectivity index (χ0v) is 19.9. The van der Waals surface area contributed by atoms with E-state index in [1.54, 1.807) is 37.3 Å². The molecule has 1 unspecified atom stereocenters. The molecule has 0 spiro atoms. The lowest BCUT2D eigenvalue weighted by Gasteiger charge is -2.20. The van der Waals surface area contributed by atoms with E-state index < -0.39 is 18.2 Å². The molecule has 0 aliphatic carbocycles. The fourth-order valence-corrected chi connectivity index (χ4v) is 6.83. The van der Waals surface area contributed by atoms with Gasteiger partial charge < -0.3 is 4.57 Å². The molecule has 0 radical (unpaired) electrons. The smallest absolute Gasteiger partial charge is 0.248 e. The number of carbonyl (C=O) groups is 2. The molecule has 9 heteroatoms.